The highest BCUT2D eigenvalue weighted by molar-refractivity contribution is 7.92. The van der Waals surface area contributed by atoms with Crippen LogP contribution in [0.15, 0.2) is 71.6 Å². The van der Waals surface area contributed by atoms with E-state index in [1.54, 1.807) is 31.2 Å². The Balaban J connectivity index is 2.09. The molecule has 0 aliphatic carbocycles. The van der Waals surface area contributed by atoms with Crippen molar-refractivity contribution in [2.24, 2.45) is 0 Å². The monoisotopic (exact) mass is 619 g/mol. The molecule has 0 saturated carbocycles. The molecule has 0 fully saturated rings. The normalized spacial score (nSPS) is 12.3. The first-order chi connectivity index (χ1) is 19.7. The topological polar surface area (TPSA) is 105 Å². The number of carbonyl (C=O) groups is 2. The Hall–Kier alpha value is -3.83. The third-order valence-electron chi connectivity index (χ3n) is 6.30. The first kappa shape index (κ1) is 32.7. The van der Waals surface area contributed by atoms with Gasteiger partial charge in [0.2, 0.25) is 11.8 Å². The highest BCUT2D eigenvalue weighted by Crippen LogP contribution is 2.32. The second-order valence-corrected chi connectivity index (χ2v) is 12.8. The number of benzene rings is 3. The third-order valence-corrected chi connectivity index (χ3v) is 8.44. The van der Waals surface area contributed by atoms with Crippen LogP contribution >= 0.6 is 11.6 Å². The highest BCUT2D eigenvalue weighted by atomic mass is 35.5. The molecular weight excluding hydrogens is 585 g/mol. The van der Waals surface area contributed by atoms with E-state index in [4.69, 9.17) is 21.1 Å². The van der Waals surface area contributed by atoms with Gasteiger partial charge in [-0.25, -0.2) is 12.8 Å². The highest BCUT2D eigenvalue weighted by Gasteiger charge is 2.34. The van der Waals surface area contributed by atoms with Crippen molar-refractivity contribution in [3.63, 3.8) is 0 Å². The molecule has 3 aromatic carbocycles. The van der Waals surface area contributed by atoms with Gasteiger partial charge in [0.15, 0.2) is 11.5 Å². The minimum atomic E-state index is -4.41. The molecule has 12 heteroatoms. The molecule has 0 spiro atoms. The summed E-state index contributed by atoms with van der Waals surface area (Å²) >= 11 is 6.38. The Labute approximate surface area is 251 Å². The van der Waals surface area contributed by atoms with Gasteiger partial charge < -0.3 is 19.7 Å². The fourth-order valence-electron chi connectivity index (χ4n) is 4.11. The van der Waals surface area contributed by atoms with E-state index in [9.17, 15) is 22.4 Å². The van der Waals surface area contributed by atoms with Crippen molar-refractivity contribution in [2.45, 2.75) is 50.7 Å². The van der Waals surface area contributed by atoms with Crippen LogP contribution in [0.1, 0.15) is 33.3 Å². The summed E-state index contributed by atoms with van der Waals surface area (Å²) in [6, 6.07) is 14.6. The van der Waals surface area contributed by atoms with Crippen LogP contribution in [-0.2, 0) is 26.2 Å². The predicted molar refractivity (Wildman–Crippen MR) is 160 cm³/mol. The summed E-state index contributed by atoms with van der Waals surface area (Å²) < 4.78 is 53.2. The summed E-state index contributed by atoms with van der Waals surface area (Å²) in [5, 5.41) is 3.24. The maximum absolute atomic E-state index is 14.0. The quantitative estimate of drug-likeness (QED) is 0.323. The van der Waals surface area contributed by atoms with Crippen molar-refractivity contribution in [2.75, 3.05) is 25.1 Å². The van der Waals surface area contributed by atoms with Crippen molar-refractivity contribution < 1.29 is 31.9 Å². The van der Waals surface area contributed by atoms with Crippen LogP contribution in [0, 0.1) is 5.82 Å². The van der Waals surface area contributed by atoms with Crippen LogP contribution < -0.4 is 19.1 Å². The molecule has 9 nitrogen and oxygen atoms in total. The van der Waals surface area contributed by atoms with Gasteiger partial charge >= 0.3 is 0 Å². The summed E-state index contributed by atoms with van der Waals surface area (Å²) in [4.78, 5) is 28.3. The SMILES string of the molecule is COc1ccc(S(=O)(=O)N(CC(=O)N(Cc2ccccc2Cl)C(C)C(=O)NC(C)(C)C)c2ccc(F)cc2)cc1OC. The summed E-state index contributed by atoms with van der Waals surface area (Å²) in [5.74, 6) is -1.22. The lowest BCUT2D eigenvalue weighted by atomic mass is 10.1. The molecular formula is C30H35ClFN3O6S. The molecule has 1 unspecified atom stereocenters. The standard InChI is InChI=1S/C30H35ClFN3O6S/c1-20(29(37)33-30(2,3)4)34(18-21-9-7-8-10-25(21)31)28(36)19-35(23-13-11-22(32)12-14-23)42(38,39)24-15-16-26(40-5)27(17-24)41-6/h7-17,20H,18-19H2,1-6H3,(H,33,37). The van der Waals surface area contributed by atoms with Crippen LogP contribution in [0.2, 0.25) is 5.02 Å². The molecule has 0 saturated heterocycles. The smallest absolute Gasteiger partial charge is 0.264 e. The number of carbonyl (C=O) groups excluding carboxylic acids is 2. The molecule has 0 aliphatic heterocycles. The van der Waals surface area contributed by atoms with E-state index in [0.29, 0.717) is 16.3 Å². The second kappa shape index (κ2) is 13.4. The number of amides is 2. The lowest BCUT2D eigenvalue weighted by molar-refractivity contribution is -0.140. The molecule has 3 aromatic rings. The van der Waals surface area contributed by atoms with Gasteiger partial charge in [0, 0.05) is 23.2 Å². The van der Waals surface area contributed by atoms with E-state index in [0.717, 1.165) is 16.4 Å². The number of hydrogen-bond donors (Lipinski definition) is 1. The molecule has 3 rings (SSSR count). The van der Waals surface area contributed by atoms with E-state index in [-0.39, 0.29) is 22.9 Å². The van der Waals surface area contributed by atoms with Crippen LogP contribution in [0.3, 0.4) is 0 Å². The minimum absolute atomic E-state index is 0.0454. The number of halogens is 2. The van der Waals surface area contributed by atoms with E-state index >= 15 is 0 Å². The second-order valence-electron chi connectivity index (χ2n) is 10.5. The van der Waals surface area contributed by atoms with Gasteiger partial charge in [-0.15, -0.1) is 0 Å². The van der Waals surface area contributed by atoms with Crippen molar-refractivity contribution in [1.29, 1.82) is 0 Å². The van der Waals surface area contributed by atoms with Crippen LogP contribution in [0.5, 0.6) is 11.5 Å². The zero-order chi connectivity index (χ0) is 31.2. The lowest BCUT2D eigenvalue weighted by Gasteiger charge is -2.33. The zero-order valence-electron chi connectivity index (χ0n) is 24.4. The Kier molecular flexibility index (Phi) is 10.5. The van der Waals surface area contributed by atoms with Crippen molar-refractivity contribution >= 4 is 39.1 Å². The number of nitrogens with one attached hydrogen (secondary N) is 1. The average Bonchev–Trinajstić information content (AvgIpc) is 2.94. The van der Waals surface area contributed by atoms with E-state index in [1.165, 1.54) is 49.5 Å². The van der Waals surface area contributed by atoms with Gasteiger partial charge in [0.1, 0.15) is 18.4 Å². The van der Waals surface area contributed by atoms with E-state index in [1.807, 2.05) is 20.8 Å². The summed E-state index contributed by atoms with van der Waals surface area (Å²) in [6.45, 7) is 6.23. The van der Waals surface area contributed by atoms with Crippen molar-refractivity contribution in [3.05, 3.63) is 83.1 Å². The Morgan fingerprint density at radius 1 is 0.976 bits per heavy atom. The van der Waals surface area contributed by atoms with Crippen LogP contribution in [0.4, 0.5) is 10.1 Å². The summed E-state index contributed by atoms with van der Waals surface area (Å²) in [6.07, 6.45) is 0. The fraction of sp³-hybridized carbons (Fsp3) is 0.333. The largest absolute Gasteiger partial charge is 0.493 e. The van der Waals surface area contributed by atoms with Crippen LogP contribution in [-0.4, -0.2) is 57.5 Å². The number of ether oxygens (including phenoxy) is 2. The van der Waals surface area contributed by atoms with E-state index in [2.05, 4.69) is 5.32 Å². The molecule has 0 radical (unpaired) electrons. The van der Waals surface area contributed by atoms with Crippen molar-refractivity contribution in [3.8, 4) is 11.5 Å². The fourth-order valence-corrected chi connectivity index (χ4v) is 5.73. The number of sulfonamides is 1. The van der Waals surface area contributed by atoms with Gasteiger partial charge in [0.05, 0.1) is 24.8 Å². The van der Waals surface area contributed by atoms with Gasteiger partial charge in [-0.2, -0.15) is 0 Å². The minimum Gasteiger partial charge on any atom is -0.493 e. The molecule has 0 aromatic heterocycles. The van der Waals surface area contributed by atoms with E-state index < -0.39 is 45.8 Å². The first-order valence-corrected chi connectivity index (χ1v) is 14.8. The zero-order valence-corrected chi connectivity index (χ0v) is 25.9. The maximum Gasteiger partial charge on any atom is 0.264 e. The Morgan fingerprint density at radius 3 is 2.17 bits per heavy atom. The summed E-state index contributed by atoms with van der Waals surface area (Å²) in [5.41, 5.74) is 0.0319. The van der Waals surface area contributed by atoms with Gasteiger partial charge in [-0.3, -0.25) is 13.9 Å². The lowest BCUT2D eigenvalue weighted by Crippen LogP contribution is -2.54. The van der Waals surface area contributed by atoms with Crippen LogP contribution in [0.25, 0.3) is 0 Å². The average molecular weight is 620 g/mol. The molecule has 0 heterocycles. The molecule has 1 atom stereocenters. The molecule has 1 N–H and O–H groups in total. The number of rotatable bonds is 11. The molecule has 42 heavy (non-hydrogen) atoms. The molecule has 0 aliphatic rings. The third kappa shape index (κ3) is 7.92. The summed E-state index contributed by atoms with van der Waals surface area (Å²) in [7, 11) is -1.62. The first-order valence-electron chi connectivity index (χ1n) is 13.0. The number of nitrogens with zero attached hydrogens (tertiary/aromatic N) is 2. The van der Waals surface area contributed by atoms with Gasteiger partial charge in [0.25, 0.3) is 10.0 Å². The number of methoxy groups -OCH3 is 2. The Bertz CT molecular complexity index is 1530. The van der Waals surface area contributed by atoms with Crippen molar-refractivity contribution in [1.82, 2.24) is 10.2 Å². The van der Waals surface area contributed by atoms with Gasteiger partial charge in [-0.1, -0.05) is 29.8 Å². The predicted octanol–water partition coefficient (Wildman–Crippen LogP) is 5.02. The molecule has 226 valence electrons. The van der Waals surface area contributed by atoms with Gasteiger partial charge in [-0.05, 0) is 75.7 Å². The molecule has 2 amide bonds. The number of anilines is 1. The number of hydrogen-bond acceptors (Lipinski definition) is 6. The molecule has 0 bridgehead atoms. The maximum atomic E-state index is 14.0. The Morgan fingerprint density at radius 2 is 1.60 bits per heavy atom.